The topological polar surface area (TPSA) is 69.7 Å². The van der Waals surface area contributed by atoms with Crippen molar-refractivity contribution < 1.29 is 19.0 Å². The summed E-state index contributed by atoms with van der Waals surface area (Å²) in [5.41, 5.74) is 2.00. The van der Waals surface area contributed by atoms with Crippen LogP contribution in [-0.2, 0) is 0 Å². The normalized spacial score (nSPS) is 10.3. The second-order valence-electron chi connectivity index (χ2n) is 5.29. The summed E-state index contributed by atoms with van der Waals surface area (Å²) in [6.07, 6.45) is 0. The fraction of sp³-hybridized carbons (Fsp3) is 0.158. The minimum Gasteiger partial charge on any atom is -0.497 e. The Morgan fingerprint density at radius 2 is 1.77 bits per heavy atom. The molecule has 1 amide bonds. The number of rotatable bonds is 6. The monoisotopic (exact) mass is 370 g/mol. The Balaban J connectivity index is 1.83. The highest BCUT2D eigenvalue weighted by Crippen LogP contribution is 2.35. The van der Waals surface area contributed by atoms with Gasteiger partial charge in [0.15, 0.2) is 5.13 Å². The molecule has 6 nitrogen and oxygen atoms in total. The summed E-state index contributed by atoms with van der Waals surface area (Å²) in [5, 5.41) is 5.16. The van der Waals surface area contributed by atoms with Crippen LogP contribution in [0.15, 0.2) is 47.8 Å². The predicted molar refractivity (Wildman–Crippen MR) is 102 cm³/mol. The summed E-state index contributed by atoms with van der Waals surface area (Å²) >= 11 is 1.34. The molecule has 1 N–H and O–H groups in total. The molecule has 26 heavy (non-hydrogen) atoms. The van der Waals surface area contributed by atoms with Crippen LogP contribution in [0.2, 0.25) is 0 Å². The summed E-state index contributed by atoms with van der Waals surface area (Å²) in [4.78, 5) is 16.9. The Morgan fingerprint density at radius 1 is 1.00 bits per heavy atom. The highest BCUT2D eigenvalue weighted by atomic mass is 32.1. The number of methoxy groups -OCH3 is 3. The van der Waals surface area contributed by atoms with Gasteiger partial charge in [-0.3, -0.25) is 10.1 Å². The van der Waals surface area contributed by atoms with E-state index in [0.717, 1.165) is 5.56 Å². The summed E-state index contributed by atoms with van der Waals surface area (Å²) in [6, 6.07) is 12.4. The van der Waals surface area contributed by atoms with Crippen LogP contribution in [-0.4, -0.2) is 32.2 Å². The Hall–Kier alpha value is -3.06. The lowest BCUT2D eigenvalue weighted by molar-refractivity contribution is 0.102. The summed E-state index contributed by atoms with van der Waals surface area (Å²) in [5.74, 6) is 1.76. The van der Waals surface area contributed by atoms with Crippen LogP contribution in [0.4, 0.5) is 5.13 Å². The third-order valence-corrected chi connectivity index (χ3v) is 4.50. The SMILES string of the molecule is COc1cccc(C(=O)Nc2nc(-c3cc(OC)ccc3OC)cs2)c1. The van der Waals surface area contributed by atoms with E-state index in [2.05, 4.69) is 10.3 Å². The Bertz CT molecular complexity index is 923. The molecule has 0 saturated carbocycles. The number of anilines is 1. The van der Waals surface area contributed by atoms with Crippen molar-refractivity contribution in [3.63, 3.8) is 0 Å². The van der Waals surface area contributed by atoms with Gasteiger partial charge in [-0.05, 0) is 36.4 Å². The van der Waals surface area contributed by atoms with Crippen LogP contribution in [0.3, 0.4) is 0 Å². The number of carbonyl (C=O) groups excluding carboxylic acids is 1. The van der Waals surface area contributed by atoms with Gasteiger partial charge in [0, 0.05) is 16.5 Å². The molecular formula is C19H18N2O4S. The first-order valence-electron chi connectivity index (χ1n) is 7.78. The third-order valence-electron chi connectivity index (χ3n) is 3.74. The largest absolute Gasteiger partial charge is 0.497 e. The van der Waals surface area contributed by atoms with Crippen LogP contribution in [0.25, 0.3) is 11.3 Å². The smallest absolute Gasteiger partial charge is 0.257 e. The lowest BCUT2D eigenvalue weighted by Gasteiger charge is -2.08. The first-order valence-corrected chi connectivity index (χ1v) is 8.66. The van der Waals surface area contributed by atoms with Gasteiger partial charge in [-0.15, -0.1) is 11.3 Å². The molecule has 0 unspecified atom stereocenters. The number of nitrogens with zero attached hydrogens (tertiary/aromatic N) is 1. The number of nitrogens with one attached hydrogen (secondary N) is 1. The molecule has 1 aromatic heterocycles. The van der Waals surface area contributed by atoms with Crippen molar-refractivity contribution in [2.45, 2.75) is 0 Å². The van der Waals surface area contributed by atoms with Crippen molar-refractivity contribution in [3.8, 4) is 28.5 Å². The van der Waals surface area contributed by atoms with Crippen LogP contribution < -0.4 is 19.5 Å². The van der Waals surface area contributed by atoms with Gasteiger partial charge in [-0.2, -0.15) is 0 Å². The highest BCUT2D eigenvalue weighted by molar-refractivity contribution is 7.14. The lowest BCUT2D eigenvalue weighted by atomic mass is 10.1. The highest BCUT2D eigenvalue weighted by Gasteiger charge is 2.14. The fourth-order valence-electron chi connectivity index (χ4n) is 2.40. The van der Waals surface area contributed by atoms with Crippen LogP contribution in [0.1, 0.15) is 10.4 Å². The molecule has 0 aliphatic heterocycles. The van der Waals surface area contributed by atoms with Crippen molar-refractivity contribution >= 4 is 22.4 Å². The van der Waals surface area contributed by atoms with E-state index in [1.165, 1.54) is 11.3 Å². The standard InChI is InChI=1S/C19H18N2O4S/c1-23-13-6-4-5-12(9-13)18(22)21-19-20-16(11-26-19)15-10-14(24-2)7-8-17(15)25-3/h4-11H,1-3H3,(H,20,21,22). The van der Waals surface area contributed by atoms with Crippen molar-refractivity contribution in [1.82, 2.24) is 4.98 Å². The number of amides is 1. The molecule has 0 saturated heterocycles. The van der Waals surface area contributed by atoms with E-state index in [0.29, 0.717) is 33.6 Å². The molecule has 0 spiro atoms. The first kappa shape index (κ1) is 17.8. The van der Waals surface area contributed by atoms with Gasteiger partial charge >= 0.3 is 0 Å². The maximum absolute atomic E-state index is 12.4. The van der Waals surface area contributed by atoms with Gasteiger partial charge in [0.2, 0.25) is 0 Å². The molecule has 0 aliphatic carbocycles. The number of carbonyl (C=O) groups is 1. The first-order chi connectivity index (χ1) is 12.6. The van der Waals surface area contributed by atoms with E-state index in [1.807, 2.05) is 23.6 Å². The van der Waals surface area contributed by atoms with E-state index in [1.54, 1.807) is 45.6 Å². The molecule has 3 rings (SSSR count). The fourth-order valence-corrected chi connectivity index (χ4v) is 3.11. The number of benzene rings is 2. The van der Waals surface area contributed by atoms with Crippen molar-refractivity contribution in [1.29, 1.82) is 0 Å². The Kier molecular flexibility index (Phi) is 5.38. The zero-order valence-electron chi connectivity index (χ0n) is 14.6. The molecule has 1 heterocycles. The van der Waals surface area contributed by atoms with Gasteiger partial charge in [0.1, 0.15) is 17.2 Å². The molecular weight excluding hydrogens is 352 g/mol. The maximum Gasteiger partial charge on any atom is 0.257 e. The van der Waals surface area contributed by atoms with E-state index in [-0.39, 0.29) is 5.91 Å². The van der Waals surface area contributed by atoms with Gasteiger partial charge in [0.05, 0.1) is 27.0 Å². The number of hydrogen-bond acceptors (Lipinski definition) is 6. The number of thiazole rings is 1. The summed E-state index contributed by atoms with van der Waals surface area (Å²) in [7, 11) is 4.77. The van der Waals surface area contributed by atoms with E-state index in [9.17, 15) is 4.79 Å². The molecule has 0 radical (unpaired) electrons. The molecule has 3 aromatic rings. The summed E-state index contributed by atoms with van der Waals surface area (Å²) in [6.45, 7) is 0. The molecule has 0 fully saturated rings. The quantitative estimate of drug-likeness (QED) is 0.708. The minimum atomic E-state index is -0.248. The predicted octanol–water partition coefficient (Wildman–Crippen LogP) is 4.09. The molecule has 7 heteroatoms. The van der Waals surface area contributed by atoms with Crippen LogP contribution in [0, 0.1) is 0 Å². The number of hydrogen-bond donors (Lipinski definition) is 1. The van der Waals surface area contributed by atoms with Gasteiger partial charge < -0.3 is 14.2 Å². The molecule has 0 aliphatic rings. The van der Waals surface area contributed by atoms with Crippen LogP contribution >= 0.6 is 11.3 Å². The maximum atomic E-state index is 12.4. The second kappa shape index (κ2) is 7.88. The molecule has 2 aromatic carbocycles. The average molecular weight is 370 g/mol. The number of aromatic nitrogens is 1. The molecule has 0 bridgehead atoms. The summed E-state index contributed by atoms with van der Waals surface area (Å²) < 4.78 is 15.8. The van der Waals surface area contributed by atoms with Crippen molar-refractivity contribution in [3.05, 3.63) is 53.4 Å². The van der Waals surface area contributed by atoms with E-state index in [4.69, 9.17) is 14.2 Å². The van der Waals surface area contributed by atoms with E-state index >= 15 is 0 Å². The van der Waals surface area contributed by atoms with Crippen molar-refractivity contribution in [2.24, 2.45) is 0 Å². The lowest BCUT2D eigenvalue weighted by Crippen LogP contribution is -2.11. The van der Waals surface area contributed by atoms with Gasteiger partial charge in [0.25, 0.3) is 5.91 Å². The van der Waals surface area contributed by atoms with Gasteiger partial charge in [-0.1, -0.05) is 6.07 Å². The Morgan fingerprint density at radius 3 is 2.50 bits per heavy atom. The van der Waals surface area contributed by atoms with Crippen LogP contribution in [0.5, 0.6) is 17.2 Å². The van der Waals surface area contributed by atoms with Gasteiger partial charge in [-0.25, -0.2) is 4.98 Å². The molecule has 134 valence electrons. The molecule has 0 atom stereocenters. The third kappa shape index (κ3) is 3.78. The minimum absolute atomic E-state index is 0.248. The zero-order valence-corrected chi connectivity index (χ0v) is 15.4. The average Bonchev–Trinajstić information content (AvgIpc) is 3.15. The van der Waals surface area contributed by atoms with Crippen molar-refractivity contribution in [2.75, 3.05) is 26.6 Å². The second-order valence-corrected chi connectivity index (χ2v) is 6.15. The van der Waals surface area contributed by atoms with E-state index < -0.39 is 0 Å². The Labute approximate surface area is 155 Å². The zero-order chi connectivity index (χ0) is 18.5. The number of ether oxygens (including phenoxy) is 3.